The first-order chi connectivity index (χ1) is 25.4. The van der Waals surface area contributed by atoms with Crippen molar-refractivity contribution in [1.29, 1.82) is 0 Å². The molecule has 2 atom stereocenters. The molecule has 1 saturated carbocycles. The van der Waals surface area contributed by atoms with E-state index in [1.807, 2.05) is 45.0 Å². The molecule has 5 rings (SSSR count). The van der Waals surface area contributed by atoms with E-state index in [1.54, 1.807) is 47.4 Å². The average molecular weight is 750 g/mol. The van der Waals surface area contributed by atoms with Gasteiger partial charge < -0.3 is 40.2 Å². The van der Waals surface area contributed by atoms with E-state index in [0.29, 0.717) is 41.3 Å². The zero-order valence-corrected chi connectivity index (χ0v) is 33.9. The van der Waals surface area contributed by atoms with Gasteiger partial charge >= 0.3 is 41.6 Å². The van der Waals surface area contributed by atoms with Crippen molar-refractivity contribution >= 4 is 41.2 Å². The first kappa shape index (κ1) is 42.2. The van der Waals surface area contributed by atoms with Gasteiger partial charge in [0.05, 0.1) is 20.3 Å². The third-order valence-electron chi connectivity index (χ3n) is 10.0. The number of benzene rings is 3. The Morgan fingerprint density at radius 2 is 1.59 bits per heavy atom. The topological polar surface area (TPSA) is 169 Å². The van der Waals surface area contributed by atoms with E-state index in [2.05, 4.69) is 16.0 Å². The van der Waals surface area contributed by atoms with Crippen LogP contribution in [0.15, 0.2) is 66.7 Å². The number of urea groups is 2. The Morgan fingerprint density at radius 1 is 0.907 bits per heavy atom. The van der Waals surface area contributed by atoms with Gasteiger partial charge in [-0.25, -0.2) is 14.5 Å². The van der Waals surface area contributed by atoms with Gasteiger partial charge in [0.1, 0.15) is 23.1 Å². The fraction of sp³-hybridized carbons (Fsp3) is 0.425. The standard InChI is InChI=1S/C40H49N5O8.Na/c1-25(2)21-33(36(48)42-32(23-35(46)47)30-18-17-29(52-4)22-34(30)53-5)45-37(49)40(19-9-6-10-20-40)44(39(45)51)24-27-13-15-28(16-14-27)41-38(50)43-31-12-8-7-11-26(31)3;/h7-8,11-18,22,25,32-33H,6,9-10,19-21,23-24H2,1-5H3,(H,42,48)(H,46,47)(H2,41,43,50);/q;+1/p-1. The third-order valence-corrected chi connectivity index (χ3v) is 10.0. The Labute approximate surface area is 338 Å². The van der Waals surface area contributed by atoms with E-state index in [0.717, 1.165) is 35.3 Å². The van der Waals surface area contributed by atoms with Gasteiger partial charge in [0.2, 0.25) is 5.91 Å². The molecule has 54 heavy (non-hydrogen) atoms. The molecule has 3 N–H and O–H groups in total. The van der Waals surface area contributed by atoms with E-state index in [1.165, 1.54) is 14.2 Å². The van der Waals surface area contributed by atoms with Crippen LogP contribution in [0.2, 0.25) is 0 Å². The summed E-state index contributed by atoms with van der Waals surface area (Å²) in [6.45, 7) is 5.80. The smallest absolute Gasteiger partial charge is 0.550 e. The molecule has 0 aromatic heterocycles. The molecule has 1 heterocycles. The number of para-hydroxylation sites is 1. The predicted octanol–water partition coefficient (Wildman–Crippen LogP) is 2.54. The van der Waals surface area contributed by atoms with Gasteiger partial charge in [0.25, 0.3) is 5.91 Å². The number of carboxylic acid groups (broad SMARTS) is 1. The maximum atomic E-state index is 14.6. The summed E-state index contributed by atoms with van der Waals surface area (Å²) in [5, 5.41) is 20.4. The van der Waals surface area contributed by atoms with Gasteiger partial charge in [-0.05, 0) is 73.6 Å². The summed E-state index contributed by atoms with van der Waals surface area (Å²) in [4.78, 5) is 70.6. The van der Waals surface area contributed by atoms with Crippen molar-refractivity contribution in [1.82, 2.24) is 15.1 Å². The molecule has 1 spiro atoms. The Morgan fingerprint density at radius 3 is 2.20 bits per heavy atom. The number of carbonyl (C=O) groups excluding carboxylic acids is 5. The van der Waals surface area contributed by atoms with E-state index in [-0.39, 0.29) is 48.4 Å². The number of ether oxygens (including phenoxy) is 2. The van der Waals surface area contributed by atoms with E-state index in [9.17, 15) is 29.1 Å². The first-order valence-corrected chi connectivity index (χ1v) is 18.0. The maximum Gasteiger partial charge on any atom is 1.00 e. The molecule has 2 unspecified atom stereocenters. The number of rotatable bonds is 14. The van der Waals surface area contributed by atoms with Crippen LogP contribution >= 0.6 is 0 Å². The van der Waals surface area contributed by atoms with E-state index in [4.69, 9.17) is 9.47 Å². The maximum absolute atomic E-state index is 14.6. The second-order valence-corrected chi connectivity index (χ2v) is 14.1. The molecule has 0 bridgehead atoms. The number of hydrogen-bond acceptors (Lipinski definition) is 8. The van der Waals surface area contributed by atoms with Crippen LogP contribution in [0.25, 0.3) is 0 Å². The minimum absolute atomic E-state index is 0. The molecule has 6 amide bonds. The number of amides is 6. The number of carboxylic acids is 1. The number of imide groups is 1. The molecule has 2 fully saturated rings. The minimum atomic E-state index is -1.40. The minimum Gasteiger partial charge on any atom is -0.550 e. The fourth-order valence-electron chi connectivity index (χ4n) is 7.28. The average Bonchev–Trinajstić information content (AvgIpc) is 3.32. The van der Waals surface area contributed by atoms with Crippen molar-refractivity contribution in [3.05, 3.63) is 83.4 Å². The Hall–Kier alpha value is -4.59. The van der Waals surface area contributed by atoms with Crippen LogP contribution in [0, 0.1) is 12.8 Å². The Bertz CT molecular complexity index is 1830. The second kappa shape index (κ2) is 18.6. The van der Waals surface area contributed by atoms with Crippen LogP contribution in [-0.2, 0) is 20.9 Å². The van der Waals surface area contributed by atoms with Gasteiger partial charge in [0.15, 0.2) is 0 Å². The summed E-state index contributed by atoms with van der Waals surface area (Å²) in [6, 6.07) is 16.1. The molecule has 1 aliphatic carbocycles. The molecule has 3 aromatic rings. The number of aryl methyl sites for hydroxylation is 1. The van der Waals surface area contributed by atoms with E-state index >= 15 is 0 Å². The molecule has 14 heteroatoms. The summed E-state index contributed by atoms with van der Waals surface area (Å²) in [5.74, 6) is -1.81. The summed E-state index contributed by atoms with van der Waals surface area (Å²) < 4.78 is 10.8. The number of aliphatic carboxylic acids is 1. The summed E-state index contributed by atoms with van der Waals surface area (Å²) in [5.41, 5.74) is 2.17. The van der Waals surface area contributed by atoms with Crippen LogP contribution in [-0.4, -0.2) is 65.4 Å². The van der Waals surface area contributed by atoms with Crippen molar-refractivity contribution in [3.63, 3.8) is 0 Å². The van der Waals surface area contributed by atoms with Crippen molar-refractivity contribution in [2.75, 3.05) is 24.9 Å². The zero-order valence-electron chi connectivity index (χ0n) is 31.9. The van der Waals surface area contributed by atoms with Gasteiger partial charge in [-0.15, -0.1) is 0 Å². The summed E-state index contributed by atoms with van der Waals surface area (Å²) in [6.07, 6.45) is 2.92. The monoisotopic (exact) mass is 749 g/mol. The second-order valence-electron chi connectivity index (χ2n) is 14.1. The molecular formula is C40H48N5NaO8. The Balaban J connectivity index is 0.00000650. The van der Waals surface area contributed by atoms with Crippen molar-refractivity contribution in [2.45, 2.75) is 89.9 Å². The largest absolute Gasteiger partial charge is 1.00 e. The normalized spacial score (nSPS) is 16.0. The number of nitrogens with zero attached hydrogens (tertiary/aromatic N) is 2. The molecule has 282 valence electrons. The van der Waals surface area contributed by atoms with Crippen LogP contribution in [0.3, 0.4) is 0 Å². The van der Waals surface area contributed by atoms with Crippen molar-refractivity contribution in [3.8, 4) is 11.5 Å². The molecular weight excluding hydrogens is 701 g/mol. The van der Waals surface area contributed by atoms with Gasteiger partial charge in [0, 0.05) is 41.9 Å². The molecule has 1 aliphatic heterocycles. The summed E-state index contributed by atoms with van der Waals surface area (Å²) >= 11 is 0. The van der Waals surface area contributed by atoms with Crippen LogP contribution < -0.4 is 60.1 Å². The Kier molecular flexibility index (Phi) is 14.5. The SMILES string of the molecule is COc1ccc(C(CC(=O)[O-])NC(=O)C(CC(C)C)N2C(=O)N(Cc3ccc(NC(=O)Nc4ccccc4C)cc3)C3(CCCCC3)C2=O)c(OC)c1.[Na+]. The zero-order chi connectivity index (χ0) is 38.3. The van der Waals surface area contributed by atoms with E-state index < -0.39 is 53.9 Å². The number of methoxy groups -OCH3 is 2. The molecule has 0 radical (unpaired) electrons. The predicted molar refractivity (Wildman–Crippen MR) is 197 cm³/mol. The van der Waals surface area contributed by atoms with Crippen molar-refractivity contribution in [2.24, 2.45) is 5.92 Å². The number of hydrogen-bond donors (Lipinski definition) is 3. The summed E-state index contributed by atoms with van der Waals surface area (Å²) in [7, 11) is 2.91. The van der Waals surface area contributed by atoms with Gasteiger partial charge in [-0.1, -0.05) is 63.4 Å². The fourth-order valence-corrected chi connectivity index (χ4v) is 7.28. The quantitative estimate of drug-likeness (QED) is 0.167. The van der Waals surface area contributed by atoms with Crippen LogP contribution in [0.5, 0.6) is 11.5 Å². The molecule has 2 aliphatic rings. The van der Waals surface area contributed by atoms with Gasteiger partial charge in [-0.2, -0.15) is 0 Å². The van der Waals surface area contributed by atoms with Crippen LogP contribution in [0.4, 0.5) is 21.0 Å². The number of anilines is 2. The molecule has 3 aromatic carbocycles. The first-order valence-electron chi connectivity index (χ1n) is 18.0. The van der Waals surface area contributed by atoms with Crippen molar-refractivity contribution < 1.29 is 68.1 Å². The van der Waals surface area contributed by atoms with Gasteiger partial charge in [-0.3, -0.25) is 9.59 Å². The number of carbonyl (C=O) groups is 5. The number of nitrogens with one attached hydrogen (secondary N) is 3. The third kappa shape index (κ3) is 9.55. The molecule has 13 nitrogen and oxygen atoms in total. The molecule has 1 saturated heterocycles. The van der Waals surface area contributed by atoms with Crippen LogP contribution in [0.1, 0.15) is 81.5 Å².